The standard InChI is InChI=1S/C16H19N3O3S/c1-10(2)15-18-19-16(23-15)17-14(20)8-5-11-9-12(21-3)6-7-13(11)22-4/h5-10H,1-4H3,(H,17,19,20). The maximum atomic E-state index is 12.0. The fourth-order valence-corrected chi connectivity index (χ4v) is 2.55. The highest BCUT2D eigenvalue weighted by molar-refractivity contribution is 7.15. The van der Waals surface area contributed by atoms with Gasteiger partial charge in [0.25, 0.3) is 0 Å². The van der Waals surface area contributed by atoms with Crippen molar-refractivity contribution in [2.75, 3.05) is 19.5 Å². The first-order chi connectivity index (χ1) is 11.0. The molecule has 1 heterocycles. The molecule has 0 saturated carbocycles. The first-order valence-electron chi connectivity index (χ1n) is 7.08. The molecule has 2 rings (SSSR count). The van der Waals surface area contributed by atoms with Crippen molar-refractivity contribution >= 4 is 28.5 Å². The Morgan fingerprint density at radius 1 is 1.26 bits per heavy atom. The lowest BCUT2D eigenvalue weighted by molar-refractivity contribution is -0.111. The average molecular weight is 333 g/mol. The Kier molecular flexibility index (Phi) is 5.70. The normalized spacial score (nSPS) is 11.0. The predicted octanol–water partition coefficient (Wildman–Crippen LogP) is 3.33. The monoisotopic (exact) mass is 333 g/mol. The van der Waals surface area contributed by atoms with Gasteiger partial charge in [-0.15, -0.1) is 10.2 Å². The number of amides is 1. The van der Waals surface area contributed by atoms with Crippen LogP contribution in [-0.2, 0) is 4.79 Å². The van der Waals surface area contributed by atoms with E-state index < -0.39 is 0 Å². The molecule has 0 aliphatic rings. The van der Waals surface area contributed by atoms with Crippen LogP contribution in [0, 0.1) is 0 Å². The summed E-state index contributed by atoms with van der Waals surface area (Å²) >= 11 is 1.37. The van der Waals surface area contributed by atoms with Crippen LogP contribution in [0.3, 0.4) is 0 Å². The van der Waals surface area contributed by atoms with Gasteiger partial charge in [-0.1, -0.05) is 25.2 Å². The third-order valence-electron chi connectivity index (χ3n) is 3.02. The minimum Gasteiger partial charge on any atom is -0.497 e. The molecule has 0 aliphatic carbocycles. The second-order valence-electron chi connectivity index (χ2n) is 5.03. The number of nitrogens with one attached hydrogen (secondary N) is 1. The molecular weight excluding hydrogens is 314 g/mol. The minimum absolute atomic E-state index is 0.277. The summed E-state index contributed by atoms with van der Waals surface area (Å²) < 4.78 is 10.4. The van der Waals surface area contributed by atoms with E-state index in [9.17, 15) is 4.79 Å². The first kappa shape index (κ1) is 17.0. The molecular formula is C16H19N3O3S. The van der Waals surface area contributed by atoms with Gasteiger partial charge in [-0.3, -0.25) is 10.1 Å². The molecule has 6 nitrogen and oxygen atoms in total. The number of nitrogens with zero attached hydrogens (tertiary/aromatic N) is 2. The van der Waals surface area contributed by atoms with Crippen molar-refractivity contribution in [3.05, 3.63) is 34.8 Å². The van der Waals surface area contributed by atoms with Crippen LogP contribution >= 0.6 is 11.3 Å². The highest BCUT2D eigenvalue weighted by Gasteiger charge is 2.09. The molecule has 0 fully saturated rings. The summed E-state index contributed by atoms with van der Waals surface area (Å²) in [7, 11) is 3.16. The largest absolute Gasteiger partial charge is 0.497 e. The van der Waals surface area contributed by atoms with E-state index >= 15 is 0 Å². The predicted molar refractivity (Wildman–Crippen MR) is 91.2 cm³/mol. The van der Waals surface area contributed by atoms with Crippen molar-refractivity contribution in [1.29, 1.82) is 0 Å². The summed E-state index contributed by atoms with van der Waals surface area (Å²) in [4.78, 5) is 12.0. The smallest absolute Gasteiger partial charge is 0.250 e. The van der Waals surface area contributed by atoms with Crippen LogP contribution in [0.1, 0.15) is 30.3 Å². The number of methoxy groups -OCH3 is 2. The van der Waals surface area contributed by atoms with Gasteiger partial charge in [-0.05, 0) is 24.3 Å². The first-order valence-corrected chi connectivity index (χ1v) is 7.89. The van der Waals surface area contributed by atoms with Crippen LogP contribution in [-0.4, -0.2) is 30.3 Å². The number of ether oxygens (including phenoxy) is 2. The zero-order chi connectivity index (χ0) is 16.8. The van der Waals surface area contributed by atoms with Crippen molar-refractivity contribution in [3.8, 4) is 11.5 Å². The Labute approximate surface area is 139 Å². The van der Waals surface area contributed by atoms with Crippen LogP contribution in [0.15, 0.2) is 24.3 Å². The van der Waals surface area contributed by atoms with Gasteiger partial charge >= 0.3 is 0 Å². The van der Waals surface area contributed by atoms with Gasteiger partial charge in [-0.2, -0.15) is 0 Å². The lowest BCUT2D eigenvalue weighted by atomic mass is 10.1. The number of carbonyl (C=O) groups excluding carboxylic acids is 1. The van der Waals surface area contributed by atoms with Gasteiger partial charge in [0.1, 0.15) is 16.5 Å². The number of aromatic nitrogens is 2. The average Bonchev–Trinajstić information content (AvgIpc) is 3.01. The van der Waals surface area contributed by atoms with Gasteiger partial charge in [0.15, 0.2) is 0 Å². The summed E-state index contributed by atoms with van der Waals surface area (Å²) in [5.41, 5.74) is 0.752. The Bertz CT molecular complexity index is 710. The Morgan fingerprint density at radius 2 is 2.04 bits per heavy atom. The fraction of sp³-hybridized carbons (Fsp3) is 0.312. The molecule has 0 saturated heterocycles. The lowest BCUT2D eigenvalue weighted by Gasteiger charge is -2.07. The third kappa shape index (κ3) is 4.53. The highest BCUT2D eigenvalue weighted by atomic mass is 32.1. The summed E-state index contributed by atoms with van der Waals surface area (Å²) in [6.45, 7) is 4.06. The van der Waals surface area contributed by atoms with E-state index in [1.807, 2.05) is 13.8 Å². The molecule has 1 aromatic heterocycles. The van der Waals surface area contributed by atoms with Gasteiger partial charge < -0.3 is 9.47 Å². The molecule has 23 heavy (non-hydrogen) atoms. The van der Waals surface area contributed by atoms with Crippen molar-refractivity contribution in [1.82, 2.24) is 10.2 Å². The van der Waals surface area contributed by atoms with E-state index in [1.54, 1.807) is 38.5 Å². The van der Waals surface area contributed by atoms with E-state index in [0.29, 0.717) is 16.6 Å². The number of rotatable bonds is 6. The molecule has 1 aromatic carbocycles. The molecule has 0 aliphatic heterocycles. The van der Waals surface area contributed by atoms with E-state index in [0.717, 1.165) is 10.6 Å². The summed E-state index contributed by atoms with van der Waals surface area (Å²) in [6.07, 6.45) is 3.09. The molecule has 1 N–H and O–H groups in total. The second kappa shape index (κ2) is 7.73. The SMILES string of the molecule is COc1ccc(OC)c(C=CC(=O)Nc2nnc(C(C)C)s2)c1. The molecule has 0 bridgehead atoms. The van der Waals surface area contributed by atoms with E-state index in [4.69, 9.17) is 9.47 Å². The topological polar surface area (TPSA) is 73.3 Å². The third-order valence-corrected chi connectivity index (χ3v) is 4.16. The van der Waals surface area contributed by atoms with Gasteiger partial charge in [0, 0.05) is 17.6 Å². The van der Waals surface area contributed by atoms with E-state index in [-0.39, 0.29) is 11.8 Å². The van der Waals surface area contributed by atoms with Crippen molar-refractivity contribution < 1.29 is 14.3 Å². The van der Waals surface area contributed by atoms with Gasteiger partial charge in [-0.25, -0.2) is 0 Å². The molecule has 0 radical (unpaired) electrons. The van der Waals surface area contributed by atoms with Crippen LogP contribution < -0.4 is 14.8 Å². The second-order valence-corrected chi connectivity index (χ2v) is 6.04. The lowest BCUT2D eigenvalue weighted by Crippen LogP contribution is -2.07. The molecule has 2 aromatic rings. The van der Waals surface area contributed by atoms with Crippen LogP contribution in [0.4, 0.5) is 5.13 Å². The van der Waals surface area contributed by atoms with Gasteiger partial charge in [0.2, 0.25) is 11.0 Å². The number of carbonyl (C=O) groups is 1. The zero-order valence-corrected chi connectivity index (χ0v) is 14.3. The van der Waals surface area contributed by atoms with Crippen LogP contribution in [0.5, 0.6) is 11.5 Å². The van der Waals surface area contributed by atoms with Crippen molar-refractivity contribution in [3.63, 3.8) is 0 Å². The number of benzene rings is 1. The van der Waals surface area contributed by atoms with E-state index in [2.05, 4.69) is 15.5 Å². The molecule has 0 atom stereocenters. The Balaban J connectivity index is 2.08. The molecule has 122 valence electrons. The number of hydrogen-bond donors (Lipinski definition) is 1. The molecule has 0 unspecified atom stereocenters. The Hall–Kier alpha value is -2.41. The maximum absolute atomic E-state index is 12.0. The maximum Gasteiger partial charge on any atom is 0.250 e. The van der Waals surface area contributed by atoms with Crippen LogP contribution in [0.25, 0.3) is 6.08 Å². The van der Waals surface area contributed by atoms with E-state index in [1.165, 1.54) is 17.4 Å². The van der Waals surface area contributed by atoms with Gasteiger partial charge in [0.05, 0.1) is 14.2 Å². The Morgan fingerprint density at radius 3 is 2.65 bits per heavy atom. The fourth-order valence-electron chi connectivity index (χ4n) is 1.80. The summed E-state index contributed by atoms with van der Waals surface area (Å²) in [6, 6.07) is 5.38. The number of hydrogen-bond acceptors (Lipinski definition) is 6. The molecule has 7 heteroatoms. The van der Waals surface area contributed by atoms with Crippen LogP contribution in [0.2, 0.25) is 0 Å². The molecule has 1 amide bonds. The van der Waals surface area contributed by atoms with Crippen molar-refractivity contribution in [2.45, 2.75) is 19.8 Å². The van der Waals surface area contributed by atoms with Crippen molar-refractivity contribution in [2.24, 2.45) is 0 Å². The summed E-state index contributed by atoms with van der Waals surface area (Å²) in [5, 5.41) is 12.1. The minimum atomic E-state index is -0.277. The molecule has 0 spiro atoms. The quantitative estimate of drug-likeness (QED) is 0.821. The number of anilines is 1. The summed E-state index contributed by atoms with van der Waals surface area (Å²) in [5.74, 6) is 1.36. The highest BCUT2D eigenvalue weighted by Crippen LogP contribution is 2.25. The zero-order valence-electron chi connectivity index (χ0n) is 13.5.